The van der Waals surface area contributed by atoms with Crippen molar-refractivity contribution >= 4 is 151 Å². The lowest BCUT2D eigenvalue weighted by Crippen LogP contribution is -2.22. The molecule has 26 heteroatoms. The van der Waals surface area contributed by atoms with Crippen molar-refractivity contribution in [1.82, 2.24) is 20.6 Å². The third kappa shape index (κ3) is 15.2. The van der Waals surface area contributed by atoms with Crippen molar-refractivity contribution in [3.05, 3.63) is 199 Å². The summed E-state index contributed by atoms with van der Waals surface area (Å²) in [6, 6.07) is 35.0. The molecular weight excluding hydrogens is 1320 g/mol. The van der Waals surface area contributed by atoms with Crippen LogP contribution in [-0.2, 0) is 45.6 Å². The van der Waals surface area contributed by atoms with Crippen LogP contribution in [0.1, 0.15) is 72.3 Å². The van der Waals surface area contributed by atoms with Crippen LogP contribution in [0.3, 0.4) is 0 Å². The Hall–Kier alpha value is -5.96. The number of sulfone groups is 2. The van der Waals surface area contributed by atoms with Crippen molar-refractivity contribution < 1.29 is 45.9 Å². The molecule has 402 valence electrons. The second-order valence-electron chi connectivity index (χ2n) is 16.4. The van der Waals surface area contributed by atoms with Crippen LogP contribution in [0.4, 0.5) is 11.4 Å². The number of fused-ring (bicyclic) bond motifs is 4. The smallest absolute Gasteiger partial charge is 0.369 e. The van der Waals surface area contributed by atoms with E-state index in [1.54, 1.807) is 62.0 Å². The number of carbonyl (C=O) groups is 4. The van der Waals surface area contributed by atoms with Crippen LogP contribution in [0.2, 0.25) is 0 Å². The van der Waals surface area contributed by atoms with Crippen molar-refractivity contribution in [2.45, 2.75) is 45.5 Å². The van der Waals surface area contributed by atoms with Gasteiger partial charge in [0, 0.05) is 46.1 Å². The van der Waals surface area contributed by atoms with Gasteiger partial charge in [-0.15, -0.1) is 93.1 Å². The van der Waals surface area contributed by atoms with Crippen LogP contribution in [0.15, 0.2) is 165 Å². The van der Waals surface area contributed by atoms with E-state index in [1.807, 2.05) is 30.3 Å². The van der Waals surface area contributed by atoms with E-state index in [2.05, 4.69) is 78.5 Å². The minimum Gasteiger partial charge on any atom is -0.508 e. The largest absolute Gasteiger partial charge is 0.508 e. The maximum Gasteiger partial charge on any atom is 0.369 e. The molecule has 4 heterocycles. The zero-order valence-corrected chi connectivity index (χ0v) is 50.0. The van der Waals surface area contributed by atoms with E-state index in [0.29, 0.717) is 12.8 Å². The first kappa shape index (κ1) is 59.7. The number of phenolic OH excluding ortho intramolecular Hbond substituents is 1. The van der Waals surface area contributed by atoms with Crippen LogP contribution in [0.5, 0.6) is 11.5 Å². The van der Waals surface area contributed by atoms with E-state index < -0.39 is 43.3 Å². The maximum atomic E-state index is 13.1. The molecule has 5 N–H and O–H groups in total. The second kappa shape index (κ2) is 27.3. The molecule has 16 nitrogen and oxygen atoms in total. The number of thiazole rings is 2. The molecule has 0 aliphatic carbocycles. The van der Waals surface area contributed by atoms with E-state index >= 15 is 0 Å². The number of nitrogens with one attached hydrogen (secondary N) is 4. The number of carbonyl (C=O) groups excluding carboxylic acids is 4. The average molecular weight is 1360 g/mol. The fraction of sp³-hybridized carbons (Fsp3) is 0.115. The number of amides is 4. The normalized spacial score (nSPS) is 13.1. The van der Waals surface area contributed by atoms with Gasteiger partial charge in [-0.2, -0.15) is 0 Å². The zero-order chi connectivity index (χ0) is 56.1. The van der Waals surface area contributed by atoms with Gasteiger partial charge in [0.25, 0.3) is 23.6 Å². The first-order valence-corrected chi connectivity index (χ1v) is 31.2. The third-order valence-corrected chi connectivity index (χ3v) is 16.9. The number of alkyl halides is 2. The van der Waals surface area contributed by atoms with Crippen LogP contribution < -0.4 is 26.0 Å². The number of aromatic hydroxyl groups is 1. The Balaban J connectivity index is 0.000000202. The number of aromatic nitrogens is 2. The molecule has 0 fully saturated rings. The lowest BCUT2D eigenvalue weighted by molar-refractivity contribution is 0.0943. The lowest BCUT2D eigenvalue weighted by Gasteiger charge is -2.10. The van der Waals surface area contributed by atoms with Gasteiger partial charge >= 0.3 is 3.18 Å². The number of ether oxygens (including phenoxy) is 1. The Labute approximate surface area is 492 Å². The van der Waals surface area contributed by atoms with E-state index in [1.165, 1.54) is 83.3 Å². The number of phenols is 1. The van der Waals surface area contributed by atoms with Crippen molar-refractivity contribution in [2.24, 2.45) is 0 Å². The Kier molecular flexibility index (Phi) is 20.9. The quantitative estimate of drug-likeness (QED) is 0.0600. The fourth-order valence-electron chi connectivity index (χ4n) is 7.76. The van der Waals surface area contributed by atoms with Crippen LogP contribution in [-0.4, -0.2) is 71.2 Å². The SMILES string of the molecule is BrB(Br)Br.COc1cccc(Cc2ncc(CNC(=O)c3ccc4c(c3)NC(=O)c3ccccc3S4(=O)=O)s2)c1.ClCCl.O=C(NCc1cnc(Cc2cccc(O)c2)s1)c1ccc2c(c1)NC(=O)c1ccccc1S2(=O)=O. The molecule has 2 aliphatic heterocycles. The second-order valence-corrected chi connectivity index (χ2v) is 29.8. The lowest BCUT2D eigenvalue weighted by atomic mass is 10.1. The molecule has 0 atom stereocenters. The summed E-state index contributed by atoms with van der Waals surface area (Å²) < 4.78 is 57.9. The van der Waals surface area contributed by atoms with Gasteiger partial charge in [-0.3, -0.25) is 19.2 Å². The molecule has 6 aromatic carbocycles. The first-order chi connectivity index (χ1) is 37.3. The number of hydrogen-bond acceptors (Lipinski definition) is 14. The molecule has 0 saturated carbocycles. The highest BCUT2D eigenvalue weighted by Gasteiger charge is 2.33. The van der Waals surface area contributed by atoms with E-state index in [0.717, 1.165) is 36.6 Å². The van der Waals surface area contributed by atoms with Gasteiger partial charge < -0.3 is 31.1 Å². The molecule has 2 aromatic heterocycles. The van der Waals surface area contributed by atoms with Gasteiger partial charge in [-0.1, -0.05) is 48.5 Å². The molecule has 0 bridgehead atoms. The fourth-order valence-corrected chi connectivity index (χ4v) is 12.7. The van der Waals surface area contributed by atoms with E-state index in [4.69, 9.17) is 27.9 Å². The number of hydrogen-bond donors (Lipinski definition) is 5. The summed E-state index contributed by atoms with van der Waals surface area (Å²) in [4.78, 5) is 61.1. The molecule has 0 saturated heterocycles. The highest BCUT2D eigenvalue weighted by Crippen LogP contribution is 2.36. The predicted octanol–water partition coefficient (Wildman–Crippen LogP) is 11.4. The minimum atomic E-state index is -3.93. The summed E-state index contributed by atoms with van der Waals surface area (Å²) in [7, 11) is -6.23. The van der Waals surface area contributed by atoms with E-state index in [9.17, 15) is 41.1 Å². The number of benzene rings is 6. The molecule has 10 rings (SSSR count). The Bertz CT molecular complexity index is 3760. The van der Waals surface area contributed by atoms with Crippen molar-refractivity contribution in [1.29, 1.82) is 0 Å². The predicted molar refractivity (Wildman–Crippen MR) is 315 cm³/mol. The average Bonchev–Trinajstić information content (AvgIpc) is 4.23. The molecular formula is C52H42BBr3Cl2N6O10S4. The molecule has 8 aromatic rings. The molecule has 4 amide bonds. The Morgan fingerprint density at radius 1 is 0.615 bits per heavy atom. The van der Waals surface area contributed by atoms with Crippen molar-refractivity contribution in [3.63, 3.8) is 0 Å². The molecule has 0 radical (unpaired) electrons. The summed E-state index contributed by atoms with van der Waals surface area (Å²) >= 11 is 21.8. The number of halogens is 5. The van der Waals surface area contributed by atoms with Crippen LogP contribution in [0, 0.1) is 0 Å². The van der Waals surface area contributed by atoms with Gasteiger partial charge in [0.1, 0.15) is 11.5 Å². The summed E-state index contributed by atoms with van der Waals surface area (Å²) in [6.07, 6.45) is 4.62. The molecule has 2 aliphatic rings. The molecule has 0 unspecified atom stereocenters. The highest BCUT2D eigenvalue weighted by atomic mass is 79.9. The van der Waals surface area contributed by atoms with Crippen molar-refractivity contribution in [2.75, 3.05) is 23.1 Å². The number of nitrogens with zero attached hydrogens (tertiary/aromatic N) is 2. The number of methoxy groups -OCH3 is 1. The maximum absolute atomic E-state index is 13.1. The number of anilines is 2. The third-order valence-electron chi connectivity index (χ3n) is 11.2. The molecule has 0 spiro atoms. The van der Waals surface area contributed by atoms with Crippen LogP contribution >= 0.6 is 93.1 Å². The van der Waals surface area contributed by atoms with Gasteiger partial charge in [-0.25, -0.2) is 26.8 Å². The minimum absolute atomic E-state index is 0.0537. The highest BCUT2D eigenvalue weighted by molar-refractivity contribution is 9.69. The topological polar surface area (TPSA) is 240 Å². The Morgan fingerprint density at radius 3 is 1.47 bits per heavy atom. The van der Waals surface area contributed by atoms with Gasteiger partial charge in [0.15, 0.2) is 0 Å². The van der Waals surface area contributed by atoms with Gasteiger partial charge in [0.05, 0.1) is 77.6 Å². The number of rotatable bonds is 11. The summed E-state index contributed by atoms with van der Waals surface area (Å²) in [5.41, 5.74) is 2.71. The first-order valence-electron chi connectivity index (χ1n) is 22.8. The monoisotopic (exact) mass is 1360 g/mol. The summed E-state index contributed by atoms with van der Waals surface area (Å²) in [5.74, 6) is -0.924. The zero-order valence-electron chi connectivity index (χ0n) is 40.5. The molecule has 78 heavy (non-hydrogen) atoms. The summed E-state index contributed by atoms with van der Waals surface area (Å²) in [5, 5.41) is 22.4. The summed E-state index contributed by atoms with van der Waals surface area (Å²) in [6.45, 7) is 0.505. The van der Waals surface area contributed by atoms with Crippen LogP contribution in [0.25, 0.3) is 0 Å². The van der Waals surface area contributed by atoms with Crippen molar-refractivity contribution in [3.8, 4) is 11.5 Å². The van der Waals surface area contributed by atoms with Gasteiger partial charge in [0.2, 0.25) is 19.7 Å². The Morgan fingerprint density at radius 2 is 1.04 bits per heavy atom. The standard InChI is InChI=1S/C26H21N3O5S2.C25H19N3O5S2.CH2Cl2.BBr3/c1-34-18-6-4-5-16(11-18)12-24-27-14-19(35-24)15-28-25(30)17-9-10-23-21(13-17)29-26(31)20-7-2-3-8-22(20)36(23,32)33;29-17-5-3-4-15(10-17)11-23-26-13-18(34-23)14-27-24(30)16-8-9-22-20(12-16)28-25(31)19-6-1-2-7-21(19)35(22,32)33;2-1-3;2-1(3)4/h2-11,13-14H,12,15H2,1H3,(H,28,30)(H,29,31);1-10,12-13,29H,11,14H2,(H,27,30)(H,28,31);1H2;. The van der Waals surface area contributed by atoms with E-state index in [-0.39, 0.29) is 80.6 Å². The van der Waals surface area contributed by atoms with Gasteiger partial charge in [-0.05, 0) is 96.1 Å².